The lowest BCUT2D eigenvalue weighted by Crippen LogP contribution is -2.09. The molecule has 1 rings (SSSR count). The van der Waals surface area contributed by atoms with Gasteiger partial charge in [0.1, 0.15) is 4.87 Å². The summed E-state index contributed by atoms with van der Waals surface area (Å²) in [6, 6.07) is 0. The van der Waals surface area contributed by atoms with Crippen LogP contribution in [0.1, 0.15) is 19.8 Å². The number of alkyl halides is 5. The first-order valence-corrected chi connectivity index (χ1v) is 5.15. The highest BCUT2D eigenvalue weighted by molar-refractivity contribution is 6.75. The van der Waals surface area contributed by atoms with Crippen molar-refractivity contribution in [1.29, 1.82) is 0 Å². The highest BCUT2D eigenvalue weighted by Gasteiger charge is 2.86. The number of rotatable bonds is 2. The van der Waals surface area contributed by atoms with Crippen LogP contribution in [0.2, 0.25) is 0 Å². The Labute approximate surface area is 91.1 Å². The molecule has 0 aliphatic heterocycles. The van der Waals surface area contributed by atoms with Crippen LogP contribution in [0.15, 0.2) is 0 Å². The van der Waals surface area contributed by atoms with Gasteiger partial charge >= 0.3 is 0 Å². The first kappa shape index (κ1) is 10.5. The summed E-state index contributed by atoms with van der Waals surface area (Å²) in [6.07, 6.45) is 1.47. The maximum Gasteiger partial charge on any atom is 0.174 e. The maximum atomic E-state index is 6.00. The topological polar surface area (TPSA) is 0 Å². The van der Waals surface area contributed by atoms with Gasteiger partial charge in [-0.1, -0.05) is 59.7 Å². The number of hydrogen-bond acceptors (Lipinski definition) is 0. The third-order valence-electron chi connectivity index (χ3n) is 1.92. The first-order valence-electron chi connectivity index (χ1n) is 3.26. The normalized spacial score (nSPS) is 30.0. The summed E-state index contributed by atoms with van der Waals surface area (Å²) in [5.41, 5.74) is 0. The fraction of sp³-hybridized carbons (Fsp3) is 1.00. The van der Waals surface area contributed by atoms with Crippen LogP contribution in [0, 0.1) is 0 Å². The summed E-state index contributed by atoms with van der Waals surface area (Å²) in [6.45, 7) is 1.97. The fourth-order valence-corrected chi connectivity index (χ4v) is 3.31. The zero-order chi connectivity index (χ0) is 8.91. The van der Waals surface area contributed by atoms with Crippen molar-refractivity contribution in [2.75, 3.05) is 0 Å². The molecule has 0 radical (unpaired) electrons. The fourth-order valence-electron chi connectivity index (χ4n) is 1.10. The van der Waals surface area contributed by atoms with Crippen LogP contribution in [-0.4, -0.2) is 13.5 Å². The Bertz CT molecular complexity index is 160. The van der Waals surface area contributed by atoms with Crippen molar-refractivity contribution in [1.82, 2.24) is 0 Å². The van der Waals surface area contributed by atoms with Gasteiger partial charge in [-0.25, -0.2) is 0 Å². The van der Waals surface area contributed by atoms with Crippen LogP contribution < -0.4 is 0 Å². The van der Waals surface area contributed by atoms with E-state index < -0.39 is 13.5 Å². The second-order valence-corrected chi connectivity index (χ2v) is 6.00. The van der Waals surface area contributed by atoms with E-state index in [2.05, 4.69) is 0 Å². The third kappa shape index (κ3) is 1.10. The SMILES string of the molecule is CCCC1(Cl)C(Cl)(Cl)C1(Cl)Cl. The molecule has 1 saturated carbocycles. The molecule has 0 unspecified atom stereocenters. The summed E-state index contributed by atoms with van der Waals surface area (Å²) in [7, 11) is 0. The molecule has 5 heteroatoms. The summed E-state index contributed by atoms with van der Waals surface area (Å²) in [5.74, 6) is 0. The van der Waals surface area contributed by atoms with Gasteiger partial charge in [0.15, 0.2) is 8.67 Å². The van der Waals surface area contributed by atoms with Gasteiger partial charge in [-0.3, -0.25) is 0 Å². The monoisotopic (exact) mass is 254 g/mol. The molecule has 0 spiro atoms. The predicted molar refractivity (Wildman–Crippen MR) is 52.4 cm³/mol. The van der Waals surface area contributed by atoms with Crippen LogP contribution in [0.5, 0.6) is 0 Å². The number of hydrogen-bond donors (Lipinski definition) is 0. The largest absolute Gasteiger partial charge is 0.174 e. The van der Waals surface area contributed by atoms with E-state index in [1.807, 2.05) is 6.92 Å². The van der Waals surface area contributed by atoms with Crippen molar-refractivity contribution in [3.63, 3.8) is 0 Å². The van der Waals surface area contributed by atoms with Gasteiger partial charge in [0.25, 0.3) is 0 Å². The van der Waals surface area contributed by atoms with Crippen molar-refractivity contribution >= 4 is 58.0 Å². The average Bonchev–Trinajstić information content (AvgIpc) is 2.12. The summed E-state index contributed by atoms with van der Waals surface area (Å²) < 4.78 is -2.42. The predicted octanol–water partition coefficient (Wildman–Crippen LogP) is 4.13. The van der Waals surface area contributed by atoms with Gasteiger partial charge in [-0.2, -0.15) is 0 Å². The minimum Gasteiger partial charge on any atom is -0.112 e. The summed E-state index contributed by atoms with van der Waals surface area (Å²) in [4.78, 5) is -0.874. The molecule has 11 heavy (non-hydrogen) atoms. The Morgan fingerprint density at radius 2 is 1.27 bits per heavy atom. The van der Waals surface area contributed by atoms with Gasteiger partial charge in [0, 0.05) is 0 Å². The molecule has 0 saturated heterocycles. The minimum atomic E-state index is -1.21. The van der Waals surface area contributed by atoms with Gasteiger partial charge in [0.2, 0.25) is 0 Å². The van der Waals surface area contributed by atoms with Gasteiger partial charge < -0.3 is 0 Å². The van der Waals surface area contributed by atoms with E-state index in [0.717, 1.165) is 6.42 Å². The van der Waals surface area contributed by atoms with Crippen LogP contribution in [0.4, 0.5) is 0 Å². The summed E-state index contributed by atoms with van der Waals surface area (Å²) in [5, 5.41) is 0. The second kappa shape index (κ2) is 2.72. The van der Waals surface area contributed by atoms with E-state index in [-0.39, 0.29) is 0 Å². The minimum absolute atomic E-state index is 0.620. The van der Waals surface area contributed by atoms with E-state index in [4.69, 9.17) is 58.0 Å². The second-order valence-electron chi connectivity index (χ2n) is 2.70. The average molecular weight is 256 g/mol. The highest BCUT2D eigenvalue weighted by atomic mass is 35.5. The van der Waals surface area contributed by atoms with E-state index in [1.165, 1.54) is 0 Å². The Morgan fingerprint density at radius 3 is 1.36 bits per heavy atom. The molecule has 66 valence electrons. The van der Waals surface area contributed by atoms with E-state index in [9.17, 15) is 0 Å². The number of halogens is 5. The zero-order valence-corrected chi connectivity index (χ0v) is 9.58. The van der Waals surface area contributed by atoms with E-state index in [0.29, 0.717) is 6.42 Å². The third-order valence-corrected chi connectivity index (χ3v) is 5.88. The Morgan fingerprint density at radius 1 is 0.909 bits per heavy atom. The molecule has 0 aromatic carbocycles. The van der Waals surface area contributed by atoms with Crippen molar-refractivity contribution in [3.8, 4) is 0 Å². The molecule has 0 amide bonds. The van der Waals surface area contributed by atoms with Crippen LogP contribution in [0.25, 0.3) is 0 Å². The molecular formula is C6H7Cl5. The molecule has 1 aliphatic rings. The van der Waals surface area contributed by atoms with Crippen molar-refractivity contribution < 1.29 is 0 Å². The molecule has 0 bridgehead atoms. The van der Waals surface area contributed by atoms with Crippen molar-refractivity contribution in [2.24, 2.45) is 0 Å². The van der Waals surface area contributed by atoms with Crippen LogP contribution in [0.3, 0.4) is 0 Å². The first-order chi connectivity index (χ1) is 4.81. The van der Waals surface area contributed by atoms with Gasteiger partial charge in [-0.05, 0) is 6.42 Å². The van der Waals surface area contributed by atoms with E-state index >= 15 is 0 Å². The maximum absolute atomic E-state index is 6.00. The standard InChI is InChI=1S/C6H7Cl5/c1-2-3-4(7)5(8,9)6(4,10)11/h2-3H2,1H3. The lowest BCUT2D eigenvalue weighted by Gasteiger charge is -2.05. The lowest BCUT2D eigenvalue weighted by molar-refractivity contribution is 0.726. The van der Waals surface area contributed by atoms with Gasteiger partial charge in [-0.15, -0.1) is 11.6 Å². The molecule has 0 aromatic heterocycles. The van der Waals surface area contributed by atoms with Crippen LogP contribution >= 0.6 is 58.0 Å². The zero-order valence-electron chi connectivity index (χ0n) is 5.80. The molecule has 0 aromatic rings. The molecule has 0 N–H and O–H groups in total. The summed E-state index contributed by atoms with van der Waals surface area (Å²) >= 11 is 29.2. The Hall–Kier alpha value is 1.45. The van der Waals surface area contributed by atoms with Gasteiger partial charge in [0.05, 0.1) is 0 Å². The molecule has 0 atom stereocenters. The molecule has 1 fully saturated rings. The van der Waals surface area contributed by atoms with Crippen molar-refractivity contribution in [2.45, 2.75) is 33.3 Å². The van der Waals surface area contributed by atoms with Crippen molar-refractivity contribution in [3.05, 3.63) is 0 Å². The molecule has 0 heterocycles. The molecule has 1 aliphatic carbocycles. The Balaban J connectivity index is 2.78. The lowest BCUT2D eigenvalue weighted by atomic mass is 10.2. The Kier molecular flexibility index (Phi) is 2.60. The quantitative estimate of drug-likeness (QED) is 0.652. The molecular weight excluding hydrogens is 249 g/mol. The molecule has 0 nitrogen and oxygen atoms in total. The highest BCUT2D eigenvalue weighted by Crippen LogP contribution is 2.76. The van der Waals surface area contributed by atoms with E-state index in [1.54, 1.807) is 0 Å². The smallest absolute Gasteiger partial charge is 0.112 e. The van der Waals surface area contributed by atoms with Crippen LogP contribution in [-0.2, 0) is 0 Å².